The van der Waals surface area contributed by atoms with Gasteiger partial charge in [-0.15, -0.1) is 11.3 Å². The number of thiazole rings is 1. The lowest BCUT2D eigenvalue weighted by Crippen LogP contribution is -2.54. The second-order valence-corrected chi connectivity index (χ2v) is 7.13. The van der Waals surface area contributed by atoms with Crippen LogP contribution in [-0.4, -0.2) is 59.5 Å². The van der Waals surface area contributed by atoms with E-state index in [4.69, 9.17) is 0 Å². The molecular weight excluding hydrogens is 296 g/mol. The molecule has 0 spiro atoms. The van der Waals surface area contributed by atoms with Crippen LogP contribution < -0.4 is 5.32 Å². The Labute approximate surface area is 136 Å². The van der Waals surface area contributed by atoms with Gasteiger partial charge in [0.05, 0.1) is 16.7 Å². The summed E-state index contributed by atoms with van der Waals surface area (Å²) in [7, 11) is 0. The minimum Gasteiger partial charge on any atom is -0.339 e. The predicted molar refractivity (Wildman–Crippen MR) is 89.0 cm³/mol. The number of hydrogen-bond donors (Lipinski definition) is 1. The first kappa shape index (κ1) is 15.9. The van der Waals surface area contributed by atoms with Crippen LogP contribution in [0.1, 0.15) is 36.9 Å². The van der Waals surface area contributed by atoms with Gasteiger partial charge in [-0.1, -0.05) is 13.3 Å². The summed E-state index contributed by atoms with van der Waals surface area (Å²) in [5.41, 5.74) is 1.18. The number of hydrogen-bond acceptors (Lipinski definition) is 5. The third-order valence-electron chi connectivity index (χ3n) is 4.58. The third kappa shape index (κ3) is 3.86. The van der Waals surface area contributed by atoms with Crippen molar-refractivity contribution in [1.29, 1.82) is 0 Å². The molecule has 2 aliphatic rings. The van der Waals surface area contributed by atoms with Gasteiger partial charge in [0.25, 0.3) is 0 Å². The van der Waals surface area contributed by atoms with Crippen molar-refractivity contribution in [1.82, 2.24) is 20.1 Å². The van der Waals surface area contributed by atoms with E-state index >= 15 is 0 Å². The van der Waals surface area contributed by atoms with Gasteiger partial charge in [0.1, 0.15) is 0 Å². The number of rotatable bonds is 4. The molecule has 0 aliphatic carbocycles. The van der Waals surface area contributed by atoms with Crippen molar-refractivity contribution in [2.45, 2.75) is 45.2 Å². The molecule has 0 aromatic carbocycles. The number of piperazine rings is 1. The van der Waals surface area contributed by atoms with Crippen LogP contribution in [0.25, 0.3) is 0 Å². The number of amides is 1. The Morgan fingerprint density at radius 2 is 2.18 bits per heavy atom. The summed E-state index contributed by atoms with van der Waals surface area (Å²) in [5.74, 6) is 0.307. The second-order valence-electron chi connectivity index (χ2n) is 6.19. The number of aromatic nitrogens is 1. The number of piperidine rings is 1. The summed E-state index contributed by atoms with van der Waals surface area (Å²) in [6.45, 7) is 7.66. The Balaban J connectivity index is 1.46. The van der Waals surface area contributed by atoms with Crippen LogP contribution in [0.5, 0.6) is 0 Å². The molecule has 1 unspecified atom stereocenters. The molecule has 1 aromatic rings. The van der Waals surface area contributed by atoms with Gasteiger partial charge in [0, 0.05) is 38.1 Å². The molecule has 5 nitrogen and oxygen atoms in total. The first-order valence-corrected chi connectivity index (χ1v) is 9.32. The summed E-state index contributed by atoms with van der Waals surface area (Å²) in [6.07, 6.45) is 4.39. The highest BCUT2D eigenvalue weighted by molar-refractivity contribution is 7.09. The molecule has 0 bridgehead atoms. The first-order valence-electron chi connectivity index (χ1n) is 8.44. The molecule has 1 atom stereocenters. The highest BCUT2D eigenvalue weighted by Gasteiger charge is 2.28. The molecule has 0 radical (unpaired) electrons. The molecule has 2 saturated heterocycles. The number of carbonyl (C=O) groups is 1. The molecule has 3 rings (SSSR count). The molecule has 22 heavy (non-hydrogen) atoms. The number of carbonyl (C=O) groups excluding carboxylic acids is 1. The topological polar surface area (TPSA) is 48.5 Å². The van der Waals surface area contributed by atoms with Crippen molar-refractivity contribution >= 4 is 17.2 Å². The fraction of sp³-hybridized carbons (Fsp3) is 0.750. The van der Waals surface area contributed by atoms with Crippen molar-refractivity contribution in [3.05, 3.63) is 16.1 Å². The molecule has 2 aliphatic heterocycles. The standard InChI is InChI=1S/C16H26N4OS/c1-2-15-18-13(12-22-15)11-19-7-9-20(10-8-19)16(21)14-5-3-4-6-17-14/h12,14,17H,2-11H2,1H3. The van der Waals surface area contributed by atoms with Crippen LogP contribution in [0.15, 0.2) is 5.38 Å². The van der Waals surface area contributed by atoms with Crippen molar-refractivity contribution in [2.24, 2.45) is 0 Å². The van der Waals surface area contributed by atoms with Crippen molar-refractivity contribution < 1.29 is 4.79 Å². The van der Waals surface area contributed by atoms with Crippen molar-refractivity contribution in [2.75, 3.05) is 32.7 Å². The zero-order chi connectivity index (χ0) is 15.4. The molecule has 1 amide bonds. The van der Waals surface area contributed by atoms with E-state index in [9.17, 15) is 4.79 Å². The van der Waals surface area contributed by atoms with Gasteiger partial charge in [0.2, 0.25) is 5.91 Å². The quantitative estimate of drug-likeness (QED) is 0.912. The highest BCUT2D eigenvalue weighted by Crippen LogP contribution is 2.15. The fourth-order valence-corrected chi connectivity index (χ4v) is 3.96. The van der Waals surface area contributed by atoms with E-state index < -0.39 is 0 Å². The maximum atomic E-state index is 12.5. The zero-order valence-corrected chi connectivity index (χ0v) is 14.2. The molecule has 3 heterocycles. The highest BCUT2D eigenvalue weighted by atomic mass is 32.1. The number of nitrogens with zero attached hydrogens (tertiary/aromatic N) is 3. The zero-order valence-electron chi connectivity index (χ0n) is 13.4. The monoisotopic (exact) mass is 322 g/mol. The lowest BCUT2D eigenvalue weighted by molar-refractivity contribution is -0.135. The molecule has 0 saturated carbocycles. The van der Waals surface area contributed by atoms with E-state index in [-0.39, 0.29) is 6.04 Å². The van der Waals surface area contributed by atoms with E-state index in [0.717, 1.165) is 52.1 Å². The summed E-state index contributed by atoms with van der Waals surface area (Å²) >= 11 is 1.75. The average molecular weight is 322 g/mol. The Morgan fingerprint density at radius 1 is 1.36 bits per heavy atom. The van der Waals surface area contributed by atoms with Crippen LogP contribution >= 0.6 is 11.3 Å². The van der Waals surface area contributed by atoms with Crippen LogP contribution in [-0.2, 0) is 17.8 Å². The van der Waals surface area contributed by atoms with Crippen LogP contribution in [0.3, 0.4) is 0 Å². The minimum absolute atomic E-state index is 0.0611. The molecule has 1 N–H and O–H groups in total. The maximum absolute atomic E-state index is 12.5. The summed E-state index contributed by atoms with van der Waals surface area (Å²) in [5, 5.41) is 6.75. The number of aryl methyl sites for hydroxylation is 1. The average Bonchev–Trinajstić information content (AvgIpc) is 3.03. The smallest absolute Gasteiger partial charge is 0.239 e. The molecule has 6 heteroatoms. The van der Waals surface area contributed by atoms with Crippen LogP contribution in [0, 0.1) is 0 Å². The Bertz CT molecular complexity index is 490. The van der Waals surface area contributed by atoms with Gasteiger partial charge in [-0.05, 0) is 25.8 Å². The lowest BCUT2D eigenvalue weighted by Gasteiger charge is -2.37. The van der Waals surface area contributed by atoms with Crippen LogP contribution in [0.2, 0.25) is 0 Å². The van der Waals surface area contributed by atoms with Gasteiger partial charge < -0.3 is 10.2 Å². The molecule has 2 fully saturated rings. The molecule has 122 valence electrons. The van der Waals surface area contributed by atoms with Crippen molar-refractivity contribution in [3.8, 4) is 0 Å². The van der Waals surface area contributed by atoms with Crippen LogP contribution in [0.4, 0.5) is 0 Å². The minimum atomic E-state index is 0.0611. The SMILES string of the molecule is CCc1nc(CN2CCN(C(=O)C3CCCCN3)CC2)cs1. The lowest BCUT2D eigenvalue weighted by atomic mass is 10.0. The normalized spacial score (nSPS) is 23.7. The maximum Gasteiger partial charge on any atom is 0.239 e. The van der Waals surface area contributed by atoms with Gasteiger partial charge in [-0.3, -0.25) is 9.69 Å². The van der Waals surface area contributed by atoms with E-state index in [1.807, 2.05) is 4.90 Å². The van der Waals surface area contributed by atoms with Gasteiger partial charge in [-0.2, -0.15) is 0 Å². The van der Waals surface area contributed by atoms with Gasteiger partial charge in [0.15, 0.2) is 0 Å². The molecule has 1 aromatic heterocycles. The fourth-order valence-electron chi connectivity index (χ4n) is 3.22. The summed E-state index contributed by atoms with van der Waals surface area (Å²) in [6, 6.07) is 0.0611. The van der Waals surface area contributed by atoms with E-state index in [1.54, 1.807) is 11.3 Å². The van der Waals surface area contributed by atoms with Crippen molar-refractivity contribution in [3.63, 3.8) is 0 Å². The Kier molecular flexibility index (Phi) is 5.44. The van der Waals surface area contributed by atoms with E-state index in [0.29, 0.717) is 5.91 Å². The van der Waals surface area contributed by atoms with Gasteiger partial charge >= 0.3 is 0 Å². The Morgan fingerprint density at radius 3 is 2.82 bits per heavy atom. The summed E-state index contributed by atoms with van der Waals surface area (Å²) in [4.78, 5) is 21.6. The largest absolute Gasteiger partial charge is 0.339 e. The predicted octanol–water partition coefficient (Wildman–Crippen LogP) is 1.49. The summed E-state index contributed by atoms with van der Waals surface area (Å²) < 4.78 is 0. The Hall–Kier alpha value is -0.980. The second kappa shape index (κ2) is 7.53. The van der Waals surface area contributed by atoms with Gasteiger partial charge in [-0.25, -0.2) is 4.98 Å². The number of nitrogens with one attached hydrogen (secondary N) is 1. The third-order valence-corrected chi connectivity index (χ3v) is 5.62. The van der Waals surface area contributed by atoms with E-state index in [1.165, 1.54) is 23.5 Å². The van der Waals surface area contributed by atoms with E-state index in [2.05, 4.69) is 27.5 Å². The molecular formula is C16H26N4OS. The first-order chi connectivity index (χ1) is 10.8.